The summed E-state index contributed by atoms with van der Waals surface area (Å²) in [5.74, 6) is 0.0783. The van der Waals surface area contributed by atoms with Crippen LogP contribution in [0.2, 0.25) is 0 Å². The van der Waals surface area contributed by atoms with Gasteiger partial charge in [0.1, 0.15) is 5.25 Å². The topological polar surface area (TPSA) is 58.4 Å². The highest BCUT2D eigenvalue weighted by Gasteiger charge is 2.26. The molecule has 1 heterocycles. The SMILES string of the molecule is Nc1ccc(SC(C(=O)NC2CCN(Cc3ccccc3)CC2)c2ccccc2)cc1. The lowest BCUT2D eigenvalue weighted by atomic mass is 10.0. The molecule has 4 nitrogen and oxygen atoms in total. The summed E-state index contributed by atoms with van der Waals surface area (Å²) in [6.45, 7) is 2.98. The van der Waals surface area contributed by atoms with Crippen LogP contribution in [0.3, 0.4) is 0 Å². The Morgan fingerprint density at radius 1 is 0.935 bits per heavy atom. The van der Waals surface area contributed by atoms with Crippen LogP contribution >= 0.6 is 11.8 Å². The standard InChI is InChI=1S/C26H29N3OS/c27-22-11-13-24(14-12-22)31-25(21-9-5-2-6-10-21)26(30)28-23-15-17-29(18-16-23)19-20-7-3-1-4-8-20/h1-14,23,25H,15-19,27H2,(H,28,30). The van der Waals surface area contributed by atoms with Gasteiger partial charge in [0.25, 0.3) is 0 Å². The van der Waals surface area contributed by atoms with E-state index >= 15 is 0 Å². The Balaban J connectivity index is 1.37. The quantitative estimate of drug-likeness (QED) is 0.413. The van der Waals surface area contributed by atoms with Crippen LogP contribution in [0.1, 0.15) is 29.2 Å². The zero-order valence-electron chi connectivity index (χ0n) is 17.6. The number of thioether (sulfide) groups is 1. The Morgan fingerprint density at radius 3 is 2.19 bits per heavy atom. The van der Waals surface area contributed by atoms with Gasteiger partial charge in [-0.05, 0) is 48.2 Å². The minimum Gasteiger partial charge on any atom is -0.399 e. The number of hydrogen-bond acceptors (Lipinski definition) is 4. The summed E-state index contributed by atoms with van der Waals surface area (Å²) in [6.07, 6.45) is 1.96. The number of amides is 1. The molecule has 1 unspecified atom stereocenters. The maximum atomic E-state index is 13.3. The van der Waals surface area contributed by atoms with Crippen LogP contribution in [-0.2, 0) is 11.3 Å². The summed E-state index contributed by atoms with van der Waals surface area (Å²) < 4.78 is 0. The number of nitrogens with two attached hydrogens (primary N) is 1. The van der Waals surface area contributed by atoms with Crippen molar-refractivity contribution in [2.75, 3.05) is 18.8 Å². The normalized spacial score (nSPS) is 16.0. The van der Waals surface area contributed by atoms with E-state index in [-0.39, 0.29) is 17.2 Å². The average Bonchev–Trinajstić information content (AvgIpc) is 2.81. The van der Waals surface area contributed by atoms with Crippen molar-refractivity contribution in [2.45, 2.75) is 35.6 Å². The summed E-state index contributed by atoms with van der Waals surface area (Å²) in [6, 6.07) is 28.5. The summed E-state index contributed by atoms with van der Waals surface area (Å²) >= 11 is 1.57. The summed E-state index contributed by atoms with van der Waals surface area (Å²) in [7, 11) is 0. The molecule has 3 aromatic carbocycles. The predicted octanol–water partition coefficient (Wildman–Crippen LogP) is 4.88. The first-order valence-corrected chi connectivity index (χ1v) is 11.7. The second-order valence-corrected chi connectivity index (χ2v) is 9.20. The average molecular weight is 432 g/mol. The fourth-order valence-electron chi connectivity index (χ4n) is 3.94. The molecule has 0 bridgehead atoms. The van der Waals surface area contributed by atoms with Gasteiger partial charge >= 0.3 is 0 Å². The van der Waals surface area contributed by atoms with Gasteiger partial charge in [-0.3, -0.25) is 9.69 Å². The third-order valence-corrected chi connectivity index (χ3v) is 6.92. The lowest BCUT2D eigenvalue weighted by molar-refractivity contribution is -0.121. The van der Waals surface area contributed by atoms with Gasteiger partial charge in [-0.2, -0.15) is 0 Å². The molecule has 0 aromatic heterocycles. The van der Waals surface area contributed by atoms with Gasteiger partial charge in [-0.25, -0.2) is 0 Å². The van der Waals surface area contributed by atoms with Gasteiger partial charge in [0, 0.05) is 36.3 Å². The van der Waals surface area contributed by atoms with Crippen LogP contribution in [-0.4, -0.2) is 29.9 Å². The number of hydrogen-bond donors (Lipinski definition) is 2. The molecular weight excluding hydrogens is 402 g/mol. The van der Waals surface area contributed by atoms with E-state index in [2.05, 4.69) is 40.5 Å². The molecule has 1 amide bonds. The van der Waals surface area contributed by atoms with Gasteiger partial charge in [0.2, 0.25) is 5.91 Å². The first kappa shape index (κ1) is 21.5. The molecule has 0 saturated carbocycles. The lowest BCUT2D eigenvalue weighted by Gasteiger charge is -2.33. The van der Waals surface area contributed by atoms with Gasteiger partial charge in [0.05, 0.1) is 0 Å². The van der Waals surface area contributed by atoms with Crippen molar-refractivity contribution < 1.29 is 4.79 Å². The highest BCUT2D eigenvalue weighted by molar-refractivity contribution is 8.00. The number of likely N-dealkylation sites (tertiary alicyclic amines) is 1. The van der Waals surface area contributed by atoms with Gasteiger partial charge in [-0.1, -0.05) is 60.7 Å². The molecule has 1 atom stereocenters. The van der Waals surface area contributed by atoms with Crippen LogP contribution in [0.5, 0.6) is 0 Å². The van der Waals surface area contributed by atoms with E-state index in [0.29, 0.717) is 0 Å². The molecule has 0 radical (unpaired) electrons. The number of nitrogen functional groups attached to an aromatic ring is 1. The number of benzene rings is 3. The molecule has 31 heavy (non-hydrogen) atoms. The molecule has 4 rings (SSSR count). The Bertz CT molecular complexity index is 955. The van der Waals surface area contributed by atoms with E-state index < -0.39 is 0 Å². The molecule has 1 aliphatic heterocycles. The Kier molecular flexibility index (Phi) is 7.28. The molecule has 1 saturated heterocycles. The Morgan fingerprint density at radius 2 is 1.55 bits per heavy atom. The van der Waals surface area contributed by atoms with Crippen LogP contribution in [0, 0.1) is 0 Å². The minimum atomic E-state index is -0.285. The fourth-order valence-corrected chi connectivity index (χ4v) is 4.97. The monoisotopic (exact) mass is 431 g/mol. The summed E-state index contributed by atoms with van der Waals surface area (Å²) in [5, 5.41) is 3.04. The zero-order chi connectivity index (χ0) is 21.5. The van der Waals surface area contributed by atoms with Crippen LogP contribution in [0.25, 0.3) is 0 Å². The van der Waals surface area contributed by atoms with Gasteiger partial charge in [-0.15, -0.1) is 11.8 Å². The third kappa shape index (κ3) is 6.12. The smallest absolute Gasteiger partial charge is 0.238 e. The maximum Gasteiger partial charge on any atom is 0.238 e. The van der Waals surface area contributed by atoms with Gasteiger partial charge < -0.3 is 11.1 Å². The molecule has 160 valence electrons. The van der Waals surface area contributed by atoms with Crippen molar-refractivity contribution in [3.05, 3.63) is 96.1 Å². The van der Waals surface area contributed by atoms with Crippen molar-refractivity contribution >= 4 is 23.4 Å². The molecule has 3 aromatic rings. The van der Waals surface area contributed by atoms with E-state index in [1.165, 1.54) is 5.56 Å². The van der Waals surface area contributed by atoms with Crippen molar-refractivity contribution in [1.29, 1.82) is 0 Å². The lowest BCUT2D eigenvalue weighted by Crippen LogP contribution is -2.45. The fraction of sp³-hybridized carbons (Fsp3) is 0.269. The van der Waals surface area contributed by atoms with Crippen molar-refractivity contribution in [3.8, 4) is 0 Å². The Labute approximate surface area is 188 Å². The van der Waals surface area contributed by atoms with E-state index in [1.54, 1.807) is 11.8 Å². The number of anilines is 1. The van der Waals surface area contributed by atoms with Crippen molar-refractivity contribution in [2.24, 2.45) is 0 Å². The summed E-state index contributed by atoms with van der Waals surface area (Å²) in [4.78, 5) is 16.8. The molecule has 3 N–H and O–H groups in total. The minimum absolute atomic E-state index is 0.0783. The maximum absolute atomic E-state index is 13.3. The first-order valence-electron chi connectivity index (χ1n) is 10.8. The number of nitrogens with one attached hydrogen (secondary N) is 1. The van der Waals surface area contributed by atoms with Crippen molar-refractivity contribution in [1.82, 2.24) is 10.2 Å². The molecule has 0 aliphatic carbocycles. The molecule has 1 aliphatic rings. The molecule has 5 heteroatoms. The third-order valence-electron chi connectivity index (χ3n) is 5.66. The zero-order valence-corrected chi connectivity index (χ0v) is 18.4. The number of piperidine rings is 1. The van der Waals surface area contributed by atoms with E-state index in [9.17, 15) is 4.79 Å². The first-order chi connectivity index (χ1) is 15.2. The van der Waals surface area contributed by atoms with Crippen LogP contribution in [0.15, 0.2) is 89.8 Å². The Hall–Kier alpha value is -2.76. The second-order valence-electron chi connectivity index (χ2n) is 8.02. The predicted molar refractivity (Wildman–Crippen MR) is 129 cm³/mol. The molecule has 0 spiro atoms. The number of carbonyl (C=O) groups excluding carboxylic acids is 1. The van der Waals surface area contributed by atoms with Crippen LogP contribution in [0.4, 0.5) is 5.69 Å². The van der Waals surface area contributed by atoms with E-state index in [0.717, 1.165) is 48.6 Å². The summed E-state index contributed by atoms with van der Waals surface area (Å²) in [5.41, 5.74) is 8.91. The van der Waals surface area contributed by atoms with Crippen LogP contribution < -0.4 is 11.1 Å². The highest BCUT2D eigenvalue weighted by Crippen LogP contribution is 2.36. The number of carbonyl (C=O) groups is 1. The van der Waals surface area contributed by atoms with Crippen molar-refractivity contribution in [3.63, 3.8) is 0 Å². The van der Waals surface area contributed by atoms with E-state index in [1.807, 2.05) is 54.6 Å². The molecular formula is C26H29N3OS. The number of nitrogens with zero attached hydrogens (tertiary/aromatic N) is 1. The van der Waals surface area contributed by atoms with E-state index in [4.69, 9.17) is 5.73 Å². The number of rotatable bonds is 7. The second kappa shape index (κ2) is 10.5. The highest BCUT2D eigenvalue weighted by atomic mass is 32.2. The largest absolute Gasteiger partial charge is 0.399 e. The van der Waals surface area contributed by atoms with Gasteiger partial charge in [0.15, 0.2) is 0 Å². The molecule has 1 fully saturated rings.